The predicted molar refractivity (Wildman–Crippen MR) is 97.3 cm³/mol. The zero-order chi connectivity index (χ0) is 17.3. The molecule has 0 aromatic heterocycles. The summed E-state index contributed by atoms with van der Waals surface area (Å²) in [6.45, 7) is 12.4. The molecular weight excluding hydrogens is 306 g/mol. The van der Waals surface area contributed by atoms with E-state index in [-0.39, 0.29) is 11.1 Å². The molecule has 0 radical (unpaired) electrons. The average molecular weight is 338 g/mol. The number of alkyl carbamates (subject to hydrolysis) is 1. The molecule has 1 N–H and O–H groups in total. The van der Waals surface area contributed by atoms with Gasteiger partial charge in [-0.3, -0.25) is 0 Å². The predicted octanol–water partition coefficient (Wildman–Crippen LogP) is 4.37. The number of amides is 1. The maximum absolute atomic E-state index is 11.6. The molecule has 23 heavy (non-hydrogen) atoms. The lowest BCUT2D eigenvalue weighted by atomic mass is 10.1. The first-order chi connectivity index (χ1) is 10.7. The Morgan fingerprint density at radius 3 is 2.39 bits per heavy atom. The Labute approximate surface area is 141 Å². The molecule has 0 saturated carbocycles. The lowest BCUT2D eigenvalue weighted by molar-refractivity contribution is 0.121. The number of rotatable bonds is 8. The zero-order valence-electron chi connectivity index (χ0n) is 15.1. The number of ether oxygens (including phenoxy) is 1. The van der Waals surface area contributed by atoms with Crippen LogP contribution in [-0.4, -0.2) is 34.2 Å². The molecular formula is C18H31NO3Si. The van der Waals surface area contributed by atoms with Crippen LogP contribution in [0.4, 0.5) is 4.79 Å². The molecule has 1 rings (SSSR count). The Balaban J connectivity index is 2.09. The van der Waals surface area contributed by atoms with E-state index < -0.39 is 8.32 Å². The van der Waals surface area contributed by atoms with E-state index in [1.54, 1.807) is 0 Å². The first kappa shape index (κ1) is 19.7. The SMILES string of the molecule is CC(C)(C)[Si](C)(C)OCCOC(=O)NCCCc1ccccc1. The second kappa shape index (κ2) is 9.08. The van der Waals surface area contributed by atoms with Crippen molar-refractivity contribution < 1.29 is 14.0 Å². The highest BCUT2D eigenvalue weighted by molar-refractivity contribution is 6.74. The molecule has 1 aromatic carbocycles. The van der Waals surface area contributed by atoms with Crippen LogP contribution >= 0.6 is 0 Å². The number of nitrogens with one attached hydrogen (secondary N) is 1. The number of carbonyl (C=O) groups excluding carboxylic acids is 1. The van der Waals surface area contributed by atoms with E-state index >= 15 is 0 Å². The summed E-state index contributed by atoms with van der Waals surface area (Å²) in [6, 6.07) is 10.2. The van der Waals surface area contributed by atoms with Crippen LogP contribution in [0.2, 0.25) is 18.1 Å². The fourth-order valence-electron chi connectivity index (χ4n) is 1.83. The van der Waals surface area contributed by atoms with E-state index in [1.165, 1.54) is 5.56 Å². The maximum atomic E-state index is 11.6. The molecule has 4 nitrogen and oxygen atoms in total. The highest BCUT2D eigenvalue weighted by Crippen LogP contribution is 2.36. The van der Waals surface area contributed by atoms with E-state index in [4.69, 9.17) is 9.16 Å². The second-order valence-electron chi connectivity index (χ2n) is 7.26. The summed E-state index contributed by atoms with van der Waals surface area (Å²) in [7, 11) is -1.76. The Bertz CT molecular complexity index is 469. The van der Waals surface area contributed by atoms with E-state index in [1.807, 2.05) is 18.2 Å². The first-order valence-electron chi connectivity index (χ1n) is 8.31. The van der Waals surface area contributed by atoms with Gasteiger partial charge in [0.1, 0.15) is 6.61 Å². The molecule has 0 saturated heterocycles. The van der Waals surface area contributed by atoms with E-state index in [0.717, 1.165) is 12.8 Å². The van der Waals surface area contributed by atoms with Crippen LogP contribution in [0.25, 0.3) is 0 Å². The molecule has 0 unspecified atom stereocenters. The van der Waals surface area contributed by atoms with Gasteiger partial charge in [0.2, 0.25) is 0 Å². The third kappa shape index (κ3) is 7.66. The minimum atomic E-state index is -1.76. The van der Waals surface area contributed by atoms with Gasteiger partial charge >= 0.3 is 6.09 Å². The molecule has 130 valence electrons. The van der Waals surface area contributed by atoms with Crippen molar-refractivity contribution in [2.75, 3.05) is 19.8 Å². The van der Waals surface area contributed by atoms with Crippen molar-refractivity contribution in [2.45, 2.75) is 51.7 Å². The van der Waals surface area contributed by atoms with Gasteiger partial charge in [-0.1, -0.05) is 51.1 Å². The third-order valence-corrected chi connectivity index (χ3v) is 8.88. The van der Waals surface area contributed by atoms with Gasteiger partial charge in [0, 0.05) is 6.54 Å². The lowest BCUT2D eigenvalue weighted by Gasteiger charge is -2.36. The third-order valence-electron chi connectivity index (χ3n) is 4.34. The van der Waals surface area contributed by atoms with Crippen LogP contribution in [0.5, 0.6) is 0 Å². The number of hydrogen-bond donors (Lipinski definition) is 1. The molecule has 1 aromatic rings. The summed E-state index contributed by atoms with van der Waals surface area (Å²) < 4.78 is 11.1. The van der Waals surface area contributed by atoms with Crippen molar-refractivity contribution in [2.24, 2.45) is 0 Å². The van der Waals surface area contributed by atoms with Crippen LogP contribution in [-0.2, 0) is 15.6 Å². The molecule has 0 fully saturated rings. The molecule has 0 aliphatic heterocycles. The van der Waals surface area contributed by atoms with Crippen LogP contribution < -0.4 is 5.32 Å². The fourth-order valence-corrected chi connectivity index (χ4v) is 2.85. The largest absolute Gasteiger partial charge is 0.447 e. The zero-order valence-corrected chi connectivity index (χ0v) is 16.1. The monoisotopic (exact) mass is 337 g/mol. The number of carbonyl (C=O) groups is 1. The van der Waals surface area contributed by atoms with Crippen molar-refractivity contribution in [1.29, 1.82) is 0 Å². The summed E-state index contributed by atoms with van der Waals surface area (Å²) in [5.41, 5.74) is 1.28. The normalized spacial score (nSPS) is 12.0. The average Bonchev–Trinajstić information content (AvgIpc) is 2.48. The molecule has 0 atom stereocenters. The Morgan fingerprint density at radius 1 is 1.13 bits per heavy atom. The highest BCUT2D eigenvalue weighted by atomic mass is 28.4. The number of benzene rings is 1. The Kier molecular flexibility index (Phi) is 7.78. The number of hydrogen-bond acceptors (Lipinski definition) is 3. The van der Waals surface area contributed by atoms with Crippen molar-refractivity contribution in [3.8, 4) is 0 Å². The van der Waals surface area contributed by atoms with Crippen molar-refractivity contribution in [1.82, 2.24) is 5.32 Å². The molecule has 0 aliphatic rings. The number of aryl methyl sites for hydroxylation is 1. The second-order valence-corrected chi connectivity index (χ2v) is 12.1. The van der Waals surface area contributed by atoms with Gasteiger partial charge < -0.3 is 14.5 Å². The van der Waals surface area contributed by atoms with Crippen LogP contribution in [0, 0.1) is 0 Å². The summed E-state index contributed by atoms with van der Waals surface area (Å²) in [6.07, 6.45) is 1.49. The van der Waals surface area contributed by atoms with Gasteiger partial charge in [-0.25, -0.2) is 4.79 Å². The quantitative estimate of drug-likeness (QED) is 0.566. The summed E-state index contributed by atoms with van der Waals surface area (Å²) >= 11 is 0. The molecule has 1 amide bonds. The molecule has 0 heterocycles. The van der Waals surface area contributed by atoms with Gasteiger partial charge in [-0.05, 0) is 36.5 Å². The molecule has 0 bridgehead atoms. The Hall–Kier alpha value is -1.33. The van der Waals surface area contributed by atoms with Gasteiger partial charge in [-0.15, -0.1) is 0 Å². The lowest BCUT2D eigenvalue weighted by Crippen LogP contribution is -2.41. The topological polar surface area (TPSA) is 47.6 Å². The van der Waals surface area contributed by atoms with Crippen LogP contribution in [0.1, 0.15) is 32.8 Å². The van der Waals surface area contributed by atoms with Gasteiger partial charge in [0.15, 0.2) is 8.32 Å². The van der Waals surface area contributed by atoms with Gasteiger partial charge in [0.25, 0.3) is 0 Å². The van der Waals surface area contributed by atoms with Gasteiger partial charge in [0.05, 0.1) is 6.61 Å². The van der Waals surface area contributed by atoms with E-state index in [9.17, 15) is 4.79 Å². The van der Waals surface area contributed by atoms with Crippen molar-refractivity contribution in [3.63, 3.8) is 0 Å². The van der Waals surface area contributed by atoms with Crippen molar-refractivity contribution >= 4 is 14.4 Å². The maximum Gasteiger partial charge on any atom is 0.407 e. The summed E-state index contributed by atoms with van der Waals surface area (Å²) in [5, 5.41) is 2.95. The summed E-state index contributed by atoms with van der Waals surface area (Å²) in [4.78, 5) is 11.6. The molecule has 0 spiro atoms. The minimum Gasteiger partial charge on any atom is -0.447 e. The minimum absolute atomic E-state index is 0.173. The highest BCUT2D eigenvalue weighted by Gasteiger charge is 2.36. The first-order valence-corrected chi connectivity index (χ1v) is 11.2. The smallest absolute Gasteiger partial charge is 0.407 e. The molecule has 5 heteroatoms. The van der Waals surface area contributed by atoms with E-state index in [0.29, 0.717) is 19.8 Å². The summed E-state index contributed by atoms with van der Waals surface area (Å²) in [5.74, 6) is 0. The van der Waals surface area contributed by atoms with E-state index in [2.05, 4.69) is 51.3 Å². The standard InChI is InChI=1S/C18H31NO3Si/c1-18(2,3)23(4,5)22-15-14-21-17(20)19-13-9-12-16-10-7-6-8-11-16/h6-8,10-11H,9,12-15H2,1-5H3,(H,19,20). The van der Waals surface area contributed by atoms with Crippen LogP contribution in [0.3, 0.4) is 0 Å². The van der Waals surface area contributed by atoms with Gasteiger partial charge in [-0.2, -0.15) is 0 Å². The van der Waals surface area contributed by atoms with Crippen LogP contribution in [0.15, 0.2) is 30.3 Å². The Morgan fingerprint density at radius 2 is 1.78 bits per heavy atom. The molecule has 0 aliphatic carbocycles. The van der Waals surface area contributed by atoms with Crippen molar-refractivity contribution in [3.05, 3.63) is 35.9 Å². The fraction of sp³-hybridized carbons (Fsp3) is 0.611.